The summed E-state index contributed by atoms with van der Waals surface area (Å²) in [6, 6.07) is 7.22. The minimum absolute atomic E-state index is 0.0411. The van der Waals surface area contributed by atoms with Crippen molar-refractivity contribution in [2.24, 2.45) is 0 Å². The van der Waals surface area contributed by atoms with Gasteiger partial charge in [0.1, 0.15) is 17.5 Å². The number of rotatable bonds is 4. The molecule has 12 heteroatoms. The molecular weight excluding hydrogens is 471 g/mol. The number of amides is 4. The summed E-state index contributed by atoms with van der Waals surface area (Å²) < 4.78 is 46.9. The van der Waals surface area contributed by atoms with E-state index in [0.29, 0.717) is 11.1 Å². The summed E-state index contributed by atoms with van der Waals surface area (Å²) in [6.07, 6.45) is -5.44. The van der Waals surface area contributed by atoms with Gasteiger partial charge in [0.05, 0.1) is 5.69 Å². The van der Waals surface area contributed by atoms with Crippen LogP contribution in [0.4, 0.5) is 23.7 Å². The number of ether oxygens (including phenoxy) is 2. The summed E-state index contributed by atoms with van der Waals surface area (Å²) in [4.78, 5) is 51.5. The highest BCUT2D eigenvalue weighted by molar-refractivity contribution is 6.05. The van der Waals surface area contributed by atoms with E-state index in [2.05, 4.69) is 10.1 Å². The van der Waals surface area contributed by atoms with Gasteiger partial charge in [0, 0.05) is 31.6 Å². The molecule has 0 radical (unpaired) electrons. The Labute approximate surface area is 197 Å². The number of hydrogen-bond acceptors (Lipinski definition) is 6. The molecule has 1 saturated heterocycles. The smallest absolute Gasteiger partial charge is 0.410 e. The first-order chi connectivity index (χ1) is 16.4. The van der Waals surface area contributed by atoms with Gasteiger partial charge in [0.2, 0.25) is 11.8 Å². The van der Waals surface area contributed by atoms with Gasteiger partial charge in [0.15, 0.2) is 0 Å². The van der Waals surface area contributed by atoms with E-state index in [0.717, 1.165) is 17.0 Å². The average Bonchev–Trinajstić information content (AvgIpc) is 3.09. The van der Waals surface area contributed by atoms with Gasteiger partial charge >= 0.3 is 12.5 Å². The molecule has 1 atom stereocenters. The quantitative estimate of drug-likeness (QED) is 0.659. The number of halogens is 3. The Morgan fingerprint density at radius 2 is 1.83 bits per heavy atom. The monoisotopic (exact) mass is 491 g/mol. The molecule has 4 amide bonds. The van der Waals surface area contributed by atoms with Crippen LogP contribution in [-0.2, 0) is 16.1 Å². The van der Waals surface area contributed by atoms with Gasteiger partial charge in [-0.2, -0.15) is 0 Å². The number of fused-ring (bicyclic) bond motifs is 1. The number of alkyl halides is 3. The van der Waals surface area contributed by atoms with Gasteiger partial charge in [0.25, 0.3) is 5.91 Å². The molecule has 184 valence electrons. The van der Waals surface area contributed by atoms with Crippen molar-refractivity contribution in [1.29, 1.82) is 0 Å². The molecule has 1 unspecified atom stereocenters. The highest BCUT2D eigenvalue weighted by Crippen LogP contribution is 2.32. The Balaban J connectivity index is 1.48. The highest BCUT2D eigenvalue weighted by Gasteiger charge is 2.39. The van der Waals surface area contributed by atoms with E-state index in [1.54, 1.807) is 13.0 Å². The van der Waals surface area contributed by atoms with E-state index in [9.17, 15) is 32.3 Å². The van der Waals surface area contributed by atoms with E-state index in [1.165, 1.54) is 30.1 Å². The zero-order valence-electron chi connectivity index (χ0n) is 18.6. The SMILES string of the molecule is Cc1ccc(OC(F)(F)F)cc1N(C)C(=O)Oc1ccc2c(c1)C(=O)N(C1CCC(=O)NC1=O)C2. The lowest BCUT2D eigenvalue weighted by molar-refractivity contribution is -0.274. The molecule has 0 aromatic heterocycles. The van der Waals surface area contributed by atoms with Gasteiger partial charge in [-0.05, 0) is 42.7 Å². The van der Waals surface area contributed by atoms with Crippen molar-refractivity contribution < 1.29 is 41.8 Å². The molecule has 0 spiro atoms. The second-order valence-electron chi connectivity index (χ2n) is 8.14. The number of carbonyl (C=O) groups is 4. The standard InChI is InChI=1S/C23H20F3N3O6/c1-12-3-5-15(35-23(24,25)26)10-18(12)28(2)22(33)34-14-6-4-13-11-29(21(32)16(13)9-14)17-7-8-19(30)27-20(17)31/h3-6,9-10,17H,7-8,11H2,1-2H3,(H,27,30,31). The van der Waals surface area contributed by atoms with Crippen LogP contribution in [0.1, 0.15) is 34.3 Å². The Hall–Kier alpha value is -4.09. The van der Waals surface area contributed by atoms with Gasteiger partial charge in [-0.25, -0.2) is 4.79 Å². The van der Waals surface area contributed by atoms with Crippen molar-refractivity contribution in [2.75, 3.05) is 11.9 Å². The Kier molecular flexibility index (Phi) is 6.14. The Morgan fingerprint density at radius 1 is 1.11 bits per heavy atom. The van der Waals surface area contributed by atoms with Crippen molar-refractivity contribution in [2.45, 2.75) is 38.7 Å². The molecule has 0 saturated carbocycles. The van der Waals surface area contributed by atoms with Gasteiger partial charge < -0.3 is 14.4 Å². The molecule has 1 N–H and O–H groups in total. The number of benzene rings is 2. The molecule has 2 aliphatic rings. The third-order valence-electron chi connectivity index (χ3n) is 5.75. The molecule has 0 bridgehead atoms. The fourth-order valence-electron chi connectivity index (χ4n) is 4.01. The minimum Gasteiger partial charge on any atom is -0.410 e. The number of aryl methyl sites for hydroxylation is 1. The summed E-state index contributed by atoms with van der Waals surface area (Å²) in [5.41, 5.74) is 1.51. The number of piperidine rings is 1. The summed E-state index contributed by atoms with van der Waals surface area (Å²) in [5, 5.41) is 2.22. The molecule has 2 heterocycles. The van der Waals surface area contributed by atoms with Crippen LogP contribution in [0, 0.1) is 6.92 Å². The maximum absolute atomic E-state index is 12.9. The summed E-state index contributed by atoms with van der Waals surface area (Å²) in [7, 11) is 1.32. The molecule has 1 fully saturated rings. The summed E-state index contributed by atoms with van der Waals surface area (Å²) in [5.74, 6) is -1.82. The number of imide groups is 1. The van der Waals surface area contributed by atoms with Crippen LogP contribution in [0.2, 0.25) is 0 Å². The maximum Gasteiger partial charge on any atom is 0.573 e. The maximum atomic E-state index is 12.9. The predicted octanol–water partition coefficient (Wildman–Crippen LogP) is 3.29. The molecular formula is C23H20F3N3O6. The van der Waals surface area contributed by atoms with Gasteiger partial charge in [-0.15, -0.1) is 13.2 Å². The lowest BCUT2D eigenvalue weighted by Gasteiger charge is -2.29. The van der Waals surface area contributed by atoms with Crippen molar-refractivity contribution in [1.82, 2.24) is 10.2 Å². The van der Waals surface area contributed by atoms with Crippen LogP contribution in [0.25, 0.3) is 0 Å². The number of hydrogen-bond donors (Lipinski definition) is 1. The topological polar surface area (TPSA) is 105 Å². The first-order valence-electron chi connectivity index (χ1n) is 10.5. The van der Waals surface area contributed by atoms with E-state index in [-0.39, 0.29) is 42.3 Å². The second-order valence-corrected chi connectivity index (χ2v) is 8.14. The average molecular weight is 491 g/mol. The van der Waals surface area contributed by atoms with Crippen LogP contribution >= 0.6 is 0 Å². The molecule has 0 aliphatic carbocycles. The van der Waals surface area contributed by atoms with Crippen LogP contribution < -0.4 is 19.7 Å². The molecule has 9 nitrogen and oxygen atoms in total. The summed E-state index contributed by atoms with van der Waals surface area (Å²) in [6.45, 7) is 1.77. The molecule has 2 aliphatic heterocycles. The summed E-state index contributed by atoms with van der Waals surface area (Å²) >= 11 is 0. The van der Waals surface area contributed by atoms with E-state index < -0.39 is 36.1 Å². The first-order valence-corrected chi connectivity index (χ1v) is 10.5. The third kappa shape index (κ3) is 5.05. The van der Waals surface area contributed by atoms with Crippen LogP contribution in [0.3, 0.4) is 0 Å². The Morgan fingerprint density at radius 3 is 2.51 bits per heavy atom. The van der Waals surface area contributed by atoms with Crippen LogP contribution in [0.5, 0.6) is 11.5 Å². The zero-order valence-corrected chi connectivity index (χ0v) is 18.6. The third-order valence-corrected chi connectivity index (χ3v) is 5.75. The zero-order chi connectivity index (χ0) is 25.5. The van der Waals surface area contributed by atoms with Crippen molar-refractivity contribution >= 4 is 29.5 Å². The predicted molar refractivity (Wildman–Crippen MR) is 115 cm³/mol. The molecule has 35 heavy (non-hydrogen) atoms. The van der Waals surface area contributed by atoms with Crippen molar-refractivity contribution in [3.05, 3.63) is 53.1 Å². The minimum atomic E-state index is -4.88. The van der Waals surface area contributed by atoms with Crippen molar-refractivity contribution in [3.8, 4) is 11.5 Å². The fraction of sp³-hybridized carbons (Fsp3) is 0.304. The molecule has 2 aromatic carbocycles. The van der Waals surface area contributed by atoms with Crippen LogP contribution in [-0.4, -0.2) is 48.2 Å². The van der Waals surface area contributed by atoms with Gasteiger partial charge in [-0.1, -0.05) is 12.1 Å². The number of anilines is 1. The van der Waals surface area contributed by atoms with Gasteiger partial charge in [-0.3, -0.25) is 24.6 Å². The second kappa shape index (κ2) is 8.93. The van der Waals surface area contributed by atoms with E-state index in [4.69, 9.17) is 4.74 Å². The fourth-order valence-corrected chi connectivity index (χ4v) is 4.01. The number of carbonyl (C=O) groups excluding carboxylic acids is 4. The van der Waals surface area contributed by atoms with Crippen molar-refractivity contribution in [3.63, 3.8) is 0 Å². The van der Waals surface area contributed by atoms with Crippen LogP contribution in [0.15, 0.2) is 36.4 Å². The largest absolute Gasteiger partial charge is 0.573 e. The number of nitrogens with one attached hydrogen (secondary N) is 1. The number of nitrogens with zero attached hydrogens (tertiary/aromatic N) is 2. The highest BCUT2D eigenvalue weighted by atomic mass is 19.4. The molecule has 4 rings (SSSR count). The molecule has 2 aromatic rings. The first kappa shape index (κ1) is 24.0. The lowest BCUT2D eigenvalue weighted by Crippen LogP contribution is -2.52. The van der Waals surface area contributed by atoms with E-state index >= 15 is 0 Å². The normalized spacial score (nSPS) is 17.7. The lowest BCUT2D eigenvalue weighted by atomic mass is 10.0. The van der Waals surface area contributed by atoms with E-state index in [1.807, 2.05) is 0 Å². The Bertz CT molecular complexity index is 1230.